The van der Waals surface area contributed by atoms with Crippen molar-refractivity contribution in [3.63, 3.8) is 0 Å². The SMILES string of the molecule is C=C[CH]c1csc(NC(=N)N)n1. The number of nitrogens with two attached hydrogens (primary N) is 1. The minimum absolute atomic E-state index is 0.102. The van der Waals surface area contributed by atoms with E-state index in [1.165, 1.54) is 11.3 Å². The van der Waals surface area contributed by atoms with E-state index in [1.807, 2.05) is 5.38 Å². The lowest BCUT2D eigenvalue weighted by molar-refractivity contribution is 1.29. The van der Waals surface area contributed by atoms with Gasteiger partial charge in [-0.25, -0.2) is 4.98 Å². The molecule has 4 nitrogen and oxygen atoms in total. The highest BCUT2D eigenvalue weighted by molar-refractivity contribution is 7.13. The lowest BCUT2D eigenvalue weighted by atomic mass is 10.3. The van der Waals surface area contributed by atoms with Gasteiger partial charge in [0.05, 0.1) is 5.69 Å². The summed E-state index contributed by atoms with van der Waals surface area (Å²) in [7, 11) is 0. The summed E-state index contributed by atoms with van der Waals surface area (Å²) in [5, 5.41) is 12.0. The highest BCUT2D eigenvalue weighted by Crippen LogP contribution is 2.15. The van der Waals surface area contributed by atoms with Gasteiger partial charge in [0.1, 0.15) is 0 Å². The van der Waals surface area contributed by atoms with Gasteiger partial charge in [-0.3, -0.25) is 5.41 Å². The average Bonchev–Trinajstić information content (AvgIpc) is 2.36. The molecular formula is C7H9N4S. The van der Waals surface area contributed by atoms with Crippen molar-refractivity contribution < 1.29 is 0 Å². The van der Waals surface area contributed by atoms with E-state index in [9.17, 15) is 0 Å². The Morgan fingerprint density at radius 3 is 3.17 bits per heavy atom. The molecule has 0 unspecified atom stereocenters. The topological polar surface area (TPSA) is 74.8 Å². The molecule has 1 aromatic rings. The fourth-order valence-electron chi connectivity index (χ4n) is 0.656. The standard InChI is InChI=1S/C7H9N4S/c1-2-3-5-4-12-7(10-5)11-6(8)9/h2-4H,1H2,(H4,8,9,10,11). The molecule has 0 fully saturated rings. The second kappa shape index (κ2) is 3.87. The van der Waals surface area contributed by atoms with E-state index in [0.29, 0.717) is 5.13 Å². The van der Waals surface area contributed by atoms with Crippen molar-refractivity contribution in [2.24, 2.45) is 5.73 Å². The van der Waals surface area contributed by atoms with Crippen LogP contribution >= 0.6 is 11.3 Å². The van der Waals surface area contributed by atoms with Crippen molar-refractivity contribution >= 4 is 22.4 Å². The van der Waals surface area contributed by atoms with E-state index < -0.39 is 0 Å². The van der Waals surface area contributed by atoms with E-state index in [1.54, 1.807) is 12.5 Å². The Morgan fingerprint density at radius 1 is 1.83 bits per heavy atom. The fourth-order valence-corrected chi connectivity index (χ4v) is 1.35. The number of nitrogens with one attached hydrogen (secondary N) is 2. The summed E-state index contributed by atoms with van der Waals surface area (Å²) in [6, 6.07) is 0. The van der Waals surface area contributed by atoms with Crippen LogP contribution in [0.15, 0.2) is 18.0 Å². The molecule has 0 saturated carbocycles. The third-order valence-corrected chi connectivity index (χ3v) is 1.83. The monoisotopic (exact) mass is 181 g/mol. The van der Waals surface area contributed by atoms with Gasteiger partial charge in [-0.1, -0.05) is 6.08 Å². The fraction of sp³-hybridized carbons (Fsp3) is 0. The Morgan fingerprint density at radius 2 is 2.58 bits per heavy atom. The molecule has 5 heteroatoms. The second-order valence-electron chi connectivity index (χ2n) is 2.02. The molecule has 0 aromatic carbocycles. The number of hydrogen-bond acceptors (Lipinski definition) is 3. The van der Waals surface area contributed by atoms with Crippen LogP contribution in [0.2, 0.25) is 0 Å². The molecule has 63 valence electrons. The molecule has 1 heterocycles. The largest absolute Gasteiger partial charge is 0.370 e. The molecule has 0 aliphatic heterocycles. The normalized spacial score (nSPS) is 9.33. The Kier molecular flexibility index (Phi) is 2.82. The smallest absolute Gasteiger partial charge is 0.192 e. The zero-order chi connectivity index (χ0) is 8.97. The highest BCUT2D eigenvalue weighted by Gasteiger charge is 1.99. The molecule has 0 atom stereocenters. The molecule has 12 heavy (non-hydrogen) atoms. The van der Waals surface area contributed by atoms with E-state index in [2.05, 4.69) is 16.9 Å². The third kappa shape index (κ3) is 2.35. The third-order valence-electron chi connectivity index (χ3n) is 1.05. The van der Waals surface area contributed by atoms with Gasteiger partial charge in [-0.15, -0.1) is 17.9 Å². The maximum atomic E-state index is 6.95. The zero-order valence-corrected chi connectivity index (χ0v) is 7.19. The first-order valence-corrected chi connectivity index (χ1v) is 4.12. The van der Waals surface area contributed by atoms with Crippen molar-refractivity contribution in [1.29, 1.82) is 5.41 Å². The molecule has 1 rings (SSSR count). The van der Waals surface area contributed by atoms with Crippen LogP contribution in [0, 0.1) is 11.8 Å². The van der Waals surface area contributed by atoms with Gasteiger partial charge in [0.15, 0.2) is 11.1 Å². The van der Waals surface area contributed by atoms with Crippen LogP contribution in [-0.2, 0) is 0 Å². The lowest BCUT2D eigenvalue weighted by Gasteiger charge is -1.95. The summed E-state index contributed by atoms with van der Waals surface area (Å²) in [5.74, 6) is -0.102. The maximum Gasteiger partial charge on any atom is 0.192 e. The summed E-state index contributed by atoms with van der Waals surface area (Å²) in [5.41, 5.74) is 5.93. The van der Waals surface area contributed by atoms with Crippen LogP contribution in [0.4, 0.5) is 5.13 Å². The minimum Gasteiger partial charge on any atom is -0.370 e. The van der Waals surface area contributed by atoms with Crippen LogP contribution in [0.25, 0.3) is 0 Å². The molecule has 0 bridgehead atoms. The Balaban J connectivity index is 2.63. The number of guanidine groups is 1. The summed E-state index contributed by atoms with van der Waals surface area (Å²) in [4.78, 5) is 4.10. The molecule has 4 N–H and O–H groups in total. The lowest BCUT2D eigenvalue weighted by Crippen LogP contribution is -2.20. The number of thiazole rings is 1. The molecule has 1 radical (unpaired) electrons. The Labute approximate surface area is 74.6 Å². The predicted octanol–water partition coefficient (Wildman–Crippen LogP) is 1.19. The number of nitrogens with zero attached hydrogens (tertiary/aromatic N) is 1. The van der Waals surface area contributed by atoms with Gasteiger partial charge < -0.3 is 11.1 Å². The Bertz CT molecular complexity index is 291. The number of hydrogen-bond donors (Lipinski definition) is 3. The first-order chi connectivity index (χ1) is 5.72. The van der Waals surface area contributed by atoms with E-state index >= 15 is 0 Å². The summed E-state index contributed by atoms with van der Waals surface area (Å²) < 4.78 is 0. The van der Waals surface area contributed by atoms with Crippen LogP contribution < -0.4 is 11.1 Å². The predicted molar refractivity (Wildman–Crippen MR) is 51.2 cm³/mol. The molecule has 1 aromatic heterocycles. The van der Waals surface area contributed by atoms with Crippen molar-refractivity contribution in [2.45, 2.75) is 0 Å². The van der Waals surface area contributed by atoms with Gasteiger partial charge in [0.2, 0.25) is 0 Å². The second-order valence-corrected chi connectivity index (χ2v) is 2.88. The van der Waals surface area contributed by atoms with E-state index in [4.69, 9.17) is 11.1 Å². The highest BCUT2D eigenvalue weighted by atomic mass is 32.1. The Hall–Kier alpha value is -1.36. The van der Waals surface area contributed by atoms with E-state index in [-0.39, 0.29) is 5.96 Å². The van der Waals surface area contributed by atoms with Crippen LogP contribution in [0.3, 0.4) is 0 Å². The van der Waals surface area contributed by atoms with Crippen molar-refractivity contribution in [3.05, 3.63) is 30.1 Å². The van der Waals surface area contributed by atoms with Crippen molar-refractivity contribution in [1.82, 2.24) is 4.98 Å². The summed E-state index contributed by atoms with van der Waals surface area (Å²) in [6.07, 6.45) is 3.44. The van der Waals surface area contributed by atoms with Crippen molar-refractivity contribution in [3.8, 4) is 0 Å². The van der Waals surface area contributed by atoms with Crippen LogP contribution in [-0.4, -0.2) is 10.9 Å². The quantitative estimate of drug-likeness (QED) is 0.484. The summed E-state index contributed by atoms with van der Waals surface area (Å²) in [6.45, 7) is 3.55. The molecule has 0 amide bonds. The van der Waals surface area contributed by atoms with Gasteiger partial charge >= 0.3 is 0 Å². The number of anilines is 1. The maximum absolute atomic E-state index is 6.95. The summed E-state index contributed by atoms with van der Waals surface area (Å²) >= 11 is 1.40. The van der Waals surface area contributed by atoms with Crippen LogP contribution in [0.1, 0.15) is 5.69 Å². The van der Waals surface area contributed by atoms with E-state index in [0.717, 1.165) is 5.69 Å². The first kappa shape index (κ1) is 8.73. The molecular weight excluding hydrogens is 172 g/mol. The van der Waals surface area contributed by atoms with Gasteiger partial charge in [0.25, 0.3) is 0 Å². The number of rotatable bonds is 3. The van der Waals surface area contributed by atoms with Gasteiger partial charge in [-0.05, 0) is 0 Å². The van der Waals surface area contributed by atoms with Gasteiger partial charge in [-0.2, -0.15) is 0 Å². The average molecular weight is 181 g/mol. The molecule has 0 saturated heterocycles. The van der Waals surface area contributed by atoms with Crippen molar-refractivity contribution in [2.75, 3.05) is 5.32 Å². The first-order valence-electron chi connectivity index (χ1n) is 3.24. The molecule has 0 spiro atoms. The number of allylic oxidation sites excluding steroid dienone is 1. The van der Waals surface area contributed by atoms with Gasteiger partial charge in [0, 0.05) is 11.8 Å². The van der Waals surface area contributed by atoms with Crippen LogP contribution in [0.5, 0.6) is 0 Å². The zero-order valence-electron chi connectivity index (χ0n) is 6.37. The minimum atomic E-state index is -0.102. The molecule has 0 aliphatic rings. The number of aromatic nitrogens is 1. The molecule has 0 aliphatic carbocycles.